The topological polar surface area (TPSA) is 29.3 Å². The maximum atomic E-state index is 6.16. The van der Waals surface area contributed by atoms with Crippen LogP contribution in [0.4, 0.5) is 0 Å². The third kappa shape index (κ3) is 3.64. The molecule has 2 aliphatic rings. The van der Waals surface area contributed by atoms with Gasteiger partial charge >= 0.3 is 0 Å². The molecule has 4 heteroatoms. The molecule has 130 valence electrons. The molecule has 3 nitrogen and oxygen atoms in total. The monoisotopic (exact) mass is 354 g/mol. The Bertz CT molecular complexity index is 935. The summed E-state index contributed by atoms with van der Waals surface area (Å²) >= 11 is 6.16. The standard InChI is InChI=1S/C19H17ClN2O.C2H6/c1-22-9-5-7-16(22)15-12-21-19(20)11-14(15)18-10-13-6-3-2-4-8-17(13)23-18;1-2/h2-4,8,10-12,16H,5,7,9H2,1H3;1-2H3/t16-;/m0./s1. The van der Waals surface area contributed by atoms with Crippen LogP contribution in [0.5, 0.6) is 0 Å². The summed E-state index contributed by atoms with van der Waals surface area (Å²) in [4.78, 5) is 6.66. The van der Waals surface area contributed by atoms with Crippen molar-refractivity contribution in [3.8, 4) is 11.3 Å². The van der Waals surface area contributed by atoms with Gasteiger partial charge in [-0.1, -0.05) is 37.6 Å². The van der Waals surface area contributed by atoms with Crippen LogP contribution >= 0.6 is 11.6 Å². The predicted molar refractivity (Wildman–Crippen MR) is 104 cm³/mol. The van der Waals surface area contributed by atoms with Crippen molar-refractivity contribution < 1.29 is 4.42 Å². The van der Waals surface area contributed by atoms with Crippen LogP contribution in [0.2, 0.25) is 5.15 Å². The molecule has 0 saturated carbocycles. The minimum atomic E-state index is 0.364. The fraction of sp³-hybridized carbons (Fsp3) is 0.333. The second-order valence-corrected chi connectivity index (χ2v) is 6.37. The number of furan rings is 1. The molecule has 0 unspecified atom stereocenters. The van der Waals surface area contributed by atoms with Gasteiger partial charge in [0, 0.05) is 23.9 Å². The Balaban J connectivity index is 0.000000880. The average Bonchev–Trinajstić information content (AvgIpc) is 3.17. The molecule has 0 N–H and O–H groups in total. The van der Waals surface area contributed by atoms with E-state index in [2.05, 4.69) is 22.7 Å². The molecule has 1 fully saturated rings. The largest absolute Gasteiger partial charge is 0.455 e. The van der Waals surface area contributed by atoms with Gasteiger partial charge in [-0.05, 0) is 50.2 Å². The van der Waals surface area contributed by atoms with E-state index in [1.165, 1.54) is 12.0 Å². The first-order chi connectivity index (χ1) is 12.2. The van der Waals surface area contributed by atoms with Crippen molar-refractivity contribution in [2.45, 2.75) is 32.7 Å². The molecule has 1 aliphatic heterocycles. The first kappa shape index (κ1) is 17.8. The van der Waals surface area contributed by atoms with Gasteiger partial charge in [-0.25, -0.2) is 4.98 Å². The molecule has 0 spiro atoms. The highest BCUT2D eigenvalue weighted by Crippen LogP contribution is 2.36. The molecule has 0 bridgehead atoms. The highest BCUT2D eigenvalue weighted by Gasteiger charge is 2.26. The molecular weight excluding hydrogens is 332 g/mol. The van der Waals surface area contributed by atoms with Gasteiger partial charge in [0.2, 0.25) is 0 Å². The Morgan fingerprint density at radius 2 is 2.12 bits per heavy atom. The molecule has 1 saturated heterocycles. The number of allylic oxidation sites excluding steroid dienone is 3. The molecule has 2 aromatic rings. The SMILES string of the molecule is CC.CN1CCC[C@H]1c1cnc(Cl)cc1-c1cc2c(o1)=CC=CC=C=2. The Labute approximate surface area is 153 Å². The molecule has 4 rings (SSSR count). The number of fused-ring (bicyclic) bond motifs is 1. The van der Waals surface area contributed by atoms with E-state index in [1.54, 1.807) is 0 Å². The Morgan fingerprint density at radius 3 is 2.88 bits per heavy atom. The van der Waals surface area contributed by atoms with E-state index in [-0.39, 0.29) is 0 Å². The van der Waals surface area contributed by atoms with Crippen molar-refractivity contribution in [3.63, 3.8) is 0 Å². The minimum Gasteiger partial charge on any atom is -0.455 e. The number of nitrogens with zero attached hydrogens (tertiary/aromatic N) is 2. The van der Waals surface area contributed by atoms with Crippen LogP contribution in [0.25, 0.3) is 23.1 Å². The minimum absolute atomic E-state index is 0.364. The van der Waals surface area contributed by atoms with E-state index in [0.717, 1.165) is 34.9 Å². The molecule has 25 heavy (non-hydrogen) atoms. The summed E-state index contributed by atoms with van der Waals surface area (Å²) in [6.45, 7) is 5.11. The summed E-state index contributed by atoms with van der Waals surface area (Å²) < 4.78 is 6.07. The number of aromatic nitrogens is 1. The van der Waals surface area contributed by atoms with Gasteiger partial charge < -0.3 is 4.42 Å². The number of rotatable bonds is 2. The number of halogens is 1. The molecule has 2 aromatic heterocycles. The first-order valence-corrected chi connectivity index (χ1v) is 9.20. The highest BCUT2D eigenvalue weighted by atomic mass is 35.5. The average molecular weight is 355 g/mol. The third-order valence-electron chi connectivity index (χ3n) is 4.50. The summed E-state index contributed by atoms with van der Waals surface area (Å²) in [5, 5.41) is 1.45. The molecule has 0 radical (unpaired) electrons. The van der Waals surface area contributed by atoms with Gasteiger partial charge in [0.25, 0.3) is 0 Å². The number of pyridine rings is 1. The van der Waals surface area contributed by atoms with Crippen molar-refractivity contribution >= 4 is 23.4 Å². The summed E-state index contributed by atoms with van der Waals surface area (Å²) in [6, 6.07) is 4.29. The summed E-state index contributed by atoms with van der Waals surface area (Å²) in [5.74, 6) is 0.821. The normalized spacial score (nSPS) is 18.6. The molecular formula is C21H23ClN2O. The zero-order valence-electron chi connectivity index (χ0n) is 14.9. The van der Waals surface area contributed by atoms with E-state index in [1.807, 2.05) is 56.5 Å². The van der Waals surface area contributed by atoms with Crippen LogP contribution in [-0.4, -0.2) is 23.5 Å². The Kier molecular flexibility index (Phi) is 5.60. The quantitative estimate of drug-likeness (QED) is 0.761. The number of hydrogen-bond donors (Lipinski definition) is 0. The lowest BCUT2D eigenvalue weighted by Crippen LogP contribution is -2.18. The predicted octanol–water partition coefficient (Wildman–Crippen LogP) is 4.07. The lowest BCUT2D eigenvalue weighted by Gasteiger charge is -2.21. The van der Waals surface area contributed by atoms with Crippen molar-refractivity contribution in [1.82, 2.24) is 9.88 Å². The van der Waals surface area contributed by atoms with Crippen molar-refractivity contribution in [2.75, 3.05) is 13.6 Å². The third-order valence-corrected chi connectivity index (χ3v) is 4.71. The molecule has 3 heterocycles. The summed E-state index contributed by atoms with van der Waals surface area (Å²) in [5.41, 5.74) is 6.26. The van der Waals surface area contributed by atoms with Crippen LogP contribution in [0.1, 0.15) is 38.3 Å². The fourth-order valence-electron chi connectivity index (χ4n) is 3.33. The molecule has 0 aromatic carbocycles. The lowest BCUT2D eigenvalue weighted by molar-refractivity contribution is 0.317. The van der Waals surface area contributed by atoms with Crippen molar-refractivity contribution in [2.24, 2.45) is 0 Å². The highest BCUT2D eigenvalue weighted by molar-refractivity contribution is 6.29. The maximum Gasteiger partial charge on any atom is 0.142 e. The van der Waals surface area contributed by atoms with Crippen LogP contribution in [0.15, 0.2) is 41.0 Å². The fourth-order valence-corrected chi connectivity index (χ4v) is 3.49. The van der Waals surface area contributed by atoms with E-state index in [4.69, 9.17) is 16.0 Å². The summed E-state index contributed by atoms with van der Waals surface area (Å²) in [7, 11) is 2.16. The maximum absolute atomic E-state index is 6.16. The van der Waals surface area contributed by atoms with E-state index < -0.39 is 0 Å². The van der Waals surface area contributed by atoms with Crippen LogP contribution in [-0.2, 0) is 0 Å². The van der Waals surface area contributed by atoms with E-state index >= 15 is 0 Å². The number of hydrogen-bond acceptors (Lipinski definition) is 3. The van der Waals surface area contributed by atoms with Gasteiger partial charge in [0.15, 0.2) is 0 Å². The van der Waals surface area contributed by atoms with Crippen LogP contribution in [0, 0.1) is 0 Å². The van der Waals surface area contributed by atoms with Crippen LogP contribution in [0.3, 0.4) is 0 Å². The van der Waals surface area contributed by atoms with Gasteiger partial charge in [0.1, 0.15) is 16.3 Å². The zero-order valence-corrected chi connectivity index (χ0v) is 15.7. The van der Waals surface area contributed by atoms with E-state index in [9.17, 15) is 0 Å². The van der Waals surface area contributed by atoms with Gasteiger partial charge in [-0.3, -0.25) is 4.90 Å². The smallest absolute Gasteiger partial charge is 0.142 e. The second kappa shape index (κ2) is 7.88. The zero-order chi connectivity index (χ0) is 17.8. The molecule has 0 amide bonds. The summed E-state index contributed by atoms with van der Waals surface area (Å²) in [6.07, 6.45) is 12.0. The van der Waals surface area contributed by atoms with Crippen molar-refractivity contribution in [1.29, 1.82) is 0 Å². The number of likely N-dealkylation sites (tertiary alicyclic amines) is 1. The molecule has 1 aliphatic carbocycles. The van der Waals surface area contributed by atoms with Crippen molar-refractivity contribution in [3.05, 3.63) is 57.9 Å². The Hall–Kier alpha value is -2.06. The van der Waals surface area contributed by atoms with Gasteiger partial charge in [-0.2, -0.15) is 0 Å². The van der Waals surface area contributed by atoms with E-state index in [0.29, 0.717) is 11.2 Å². The van der Waals surface area contributed by atoms with Gasteiger partial charge in [-0.15, -0.1) is 5.73 Å². The lowest BCUT2D eigenvalue weighted by atomic mass is 9.99. The Morgan fingerprint density at radius 1 is 1.28 bits per heavy atom. The second-order valence-electron chi connectivity index (χ2n) is 5.98. The molecule has 1 atom stereocenters. The van der Waals surface area contributed by atoms with Gasteiger partial charge in [0.05, 0.1) is 5.22 Å². The van der Waals surface area contributed by atoms with Crippen LogP contribution < -0.4 is 10.6 Å². The first-order valence-electron chi connectivity index (χ1n) is 8.82.